The lowest BCUT2D eigenvalue weighted by atomic mass is 10.1. The van der Waals surface area contributed by atoms with E-state index in [0.29, 0.717) is 0 Å². The van der Waals surface area contributed by atoms with Gasteiger partial charge in [0.25, 0.3) is 0 Å². The Kier molecular flexibility index (Phi) is 5.16. The summed E-state index contributed by atoms with van der Waals surface area (Å²) >= 11 is 0. The van der Waals surface area contributed by atoms with Gasteiger partial charge in [0.1, 0.15) is 0 Å². The molecule has 3 heteroatoms. The van der Waals surface area contributed by atoms with Gasteiger partial charge in [0.15, 0.2) is 0 Å². The summed E-state index contributed by atoms with van der Waals surface area (Å²) in [5, 5.41) is 2.94. The van der Waals surface area contributed by atoms with Crippen molar-refractivity contribution in [2.45, 2.75) is 45.7 Å². The summed E-state index contributed by atoms with van der Waals surface area (Å²) in [7, 11) is 0. The predicted molar refractivity (Wildman–Crippen MR) is 70.6 cm³/mol. The van der Waals surface area contributed by atoms with E-state index in [-0.39, 0.29) is 11.9 Å². The highest BCUT2D eigenvalue weighted by Crippen LogP contribution is 2.13. The summed E-state index contributed by atoms with van der Waals surface area (Å²) in [5.41, 5.74) is 8.09. The van der Waals surface area contributed by atoms with E-state index in [1.54, 1.807) is 0 Å². The molecule has 0 fully saturated rings. The Bertz CT molecular complexity index is 359. The summed E-state index contributed by atoms with van der Waals surface area (Å²) in [4.78, 5) is 11.7. The van der Waals surface area contributed by atoms with Crippen molar-refractivity contribution in [2.24, 2.45) is 5.73 Å². The third-order valence-corrected chi connectivity index (χ3v) is 2.87. The van der Waals surface area contributed by atoms with Crippen LogP contribution in [0.15, 0.2) is 24.3 Å². The summed E-state index contributed by atoms with van der Waals surface area (Å²) in [6, 6.07) is 7.77. The minimum atomic E-state index is -0.395. The average Bonchev–Trinajstić information content (AvgIpc) is 2.30. The van der Waals surface area contributed by atoms with Crippen LogP contribution in [0.2, 0.25) is 0 Å². The predicted octanol–water partition coefficient (Wildman–Crippen LogP) is 2.30. The van der Waals surface area contributed by atoms with Crippen molar-refractivity contribution in [1.29, 1.82) is 0 Å². The fraction of sp³-hybridized carbons (Fsp3) is 0.500. The van der Waals surface area contributed by atoms with E-state index in [1.807, 2.05) is 45.0 Å². The summed E-state index contributed by atoms with van der Waals surface area (Å²) in [6.45, 7) is 6.04. The molecule has 17 heavy (non-hydrogen) atoms. The quantitative estimate of drug-likeness (QED) is 0.821. The molecule has 0 saturated carbocycles. The maximum atomic E-state index is 11.7. The first-order valence-corrected chi connectivity index (χ1v) is 6.17. The van der Waals surface area contributed by atoms with Crippen LogP contribution >= 0.6 is 0 Å². The maximum Gasteiger partial charge on any atom is 0.237 e. The number of nitrogens with one attached hydrogen (secondary N) is 1. The highest BCUT2D eigenvalue weighted by Gasteiger charge is 2.15. The van der Waals surface area contributed by atoms with Crippen molar-refractivity contribution < 1.29 is 4.79 Å². The normalized spacial score (nSPS) is 14.1. The van der Waals surface area contributed by atoms with Crippen LogP contribution in [0.3, 0.4) is 0 Å². The van der Waals surface area contributed by atoms with Crippen LogP contribution in [0, 0.1) is 6.92 Å². The number of amides is 1. The molecule has 94 valence electrons. The van der Waals surface area contributed by atoms with E-state index in [1.165, 1.54) is 5.56 Å². The topological polar surface area (TPSA) is 55.1 Å². The highest BCUT2D eigenvalue weighted by atomic mass is 16.2. The molecule has 0 spiro atoms. The molecule has 0 radical (unpaired) electrons. The Hall–Kier alpha value is -1.35. The SMILES string of the molecule is CCC[C@H](N)C(=O)N[C@H](C)c1ccc(C)cc1. The third-order valence-electron chi connectivity index (χ3n) is 2.87. The van der Waals surface area contributed by atoms with E-state index in [0.717, 1.165) is 18.4 Å². The zero-order valence-electron chi connectivity index (χ0n) is 10.9. The van der Waals surface area contributed by atoms with Crippen molar-refractivity contribution in [1.82, 2.24) is 5.32 Å². The number of carbonyl (C=O) groups is 1. The second-order valence-corrected chi connectivity index (χ2v) is 4.54. The molecule has 0 aromatic heterocycles. The number of hydrogen-bond donors (Lipinski definition) is 2. The summed E-state index contributed by atoms with van der Waals surface area (Å²) in [6.07, 6.45) is 1.65. The van der Waals surface area contributed by atoms with Gasteiger partial charge in [0.2, 0.25) is 5.91 Å². The fourth-order valence-electron chi connectivity index (χ4n) is 1.70. The van der Waals surface area contributed by atoms with Gasteiger partial charge in [-0.05, 0) is 25.8 Å². The molecular formula is C14H22N2O. The molecule has 2 atom stereocenters. The molecule has 1 aromatic carbocycles. The van der Waals surface area contributed by atoms with Crippen LogP contribution in [0.4, 0.5) is 0 Å². The monoisotopic (exact) mass is 234 g/mol. The highest BCUT2D eigenvalue weighted by molar-refractivity contribution is 5.81. The molecule has 0 aliphatic carbocycles. The molecule has 1 rings (SSSR count). The fourth-order valence-corrected chi connectivity index (χ4v) is 1.70. The first kappa shape index (κ1) is 13.7. The van der Waals surface area contributed by atoms with Gasteiger partial charge in [-0.3, -0.25) is 4.79 Å². The number of benzene rings is 1. The van der Waals surface area contributed by atoms with E-state index < -0.39 is 6.04 Å². The van der Waals surface area contributed by atoms with Gasteiger partial charge in [-0.1, -0.05) is 43.2 Å². The average molecular weight is 234 g/mol. The van der Waals surface area contributed by atoms with E-state index in [9.17, 15) is 4.79 Å². The maximum absolute atomic E-state index is 11.7. The van der Waals surface area contributed by atoms with Gasteiger partial charge in [0.05, 0.1) is 12.1 Å². The minimum absolute atomic E-state index is 0.00556. The van der Waals surface area contributed by atoms with Crippen LogP contribution < -0.4 is 11.1 Å². The smallest absolute Gasteiger partial charge is 0.237 e. The van der Waals surface area contributed by atoms with E-state index in [2.05, 4.69) is 5.32 Å². The second kappa shape index (κ2) is 6.40. The molecule has 0 aliphatic rings. The third kappa shape index (κ3) is 4.19. The van der Waals surface area contributed by atoms with Gasteiger partial charge < -0.3 is 11.1 Å². The molecule has 0 aliphatic heterocycles. The van der Waals surface area contributed by atoms with Crippen LogP contribution in [0.25, 0.3) is 0 Å². The number of aryl methyl sites for hydroxylation is 1. The number of nitrogens with two attached hydrogens (primary N) is 1. The van der Waals surface area contributed by atoms with Gasteiger partial charge in [0, 0.05) is 0 Å². The van der Waals surface area contributed by atoms with Crippen molar-refractivity contribution in [3.05, 3.63) is 35.4 Å². The summed E-state index contributed by atoms with van der Waals surface area (Å²) in [5.74, 6) is -0.0695. The van der Waals surface area contributed by atoms with Crippen molar-refractivity contribution in [3.63, 3.8) is 0 Å². The Morgan fingerprint density at radius 2 is 1.94 bits per heavy atom. The summed E-state index contributed by atoms with van der Waals surface area (Å²) < 4.78 is 0. The largest absolute Gasteiger partial charge is 0.348 e. The standard InChI is InChI=1S/C14H22N2O/c1-4-5-13(15)14(17)16-11(3)12-8-6-10(2)7-9-12/h6-9,11,13H,4-5,15H2,1-3H3,(H,16,17)/t11-,13+/m1/s1. The van der Waals surface area contributed by atoms with E-state index in [4.69, 9.17) is 5.73 Å². The van der Waals surface area contributed by atoms with Crippen LogP contribution in [-0.4, -0.2) is 11.9 Å². The lowest BCUT2D eigenvalue weighted by molar-refractivity contribution is -0.123. The van der Waals surface area contributed by atoms with Gasteiger partial charge in [-0.25, -0.2) is 0 Å². The number of hydrogen-bond acceptors (Lipinski definition) is 2. The molecule has 1 amide bonds. The first-order chi connectivity index (χ1) is 8.04. The van der Waals surface area contributed by atoms with Crippen LogP contribution in [0.1, 0.15) is 43.9 Å². The number of carbonyl (C=O) groups excluding carboxylic acids is 1. The molecule has 1 aromatic rings. The van der Waals surface area contributed by atoms with Gasteiger partial charge >= 0.3 is 0 Å². The van der Waals surface area contributed by atoms with Crippen LogP contribution in [0.5, 0.6) is 0 Å². The first-order valence-electron chi connectivity index (χ1n) is 6.17. The van der Waals surface area contributed by atoms with Crippen LogP contribution in [-0.2, 0) is 4.79 Å². The second-order valence-electron chi connectivity index (χ2n) is 4.54. The van der Waals surface area contributed by atoms with E-state index >= 15 is 0 Å². The Morgan fingerprint density at radius 1 is 1.35 bits per heavy atom. The lowest BCUT2D eigenvalue weighted by Gasteiger charge is -2.17. The lowest BCUT2D eigenvalue weighted by Crippen LogP contribution is -2.41. The van der Waals surface area contributed by atoms with Gasteiger partial charge in [-0.15, -0.1) is 0 Å². The molecule has 3 N–H and O–H groups in total. The minimum Gasteiger partial charge on any atom is -0.348 e. The molecular weight excluding hydrogens is 212 g/mol. The molecule has 0 saturated heterocycles. The molecule has 3 nitrogen and oxygen atoms in total. The molecule has 0 bridgehead atoms. The molecule has 0 heterocycles. The Balaban J connectivity index is 2.57. The Labute approximate surface area is 103 Å². The van der Waals surface area contributed by atoms with Crippen molar-refractivity contribution in [3.8, 4) is 0 Å². The number of rotatable bonds is 5. The zero-order chi connectivity index (χ0) is 12.8. The van der Waals surface area contributed by atoms with Crippen molar-refractivity contribution in [2.75, 3.05) is 0 Å². The molecule has 0 unspecified atom stereocenters. The Morgan fingerprint density at radius 3 is 2.47 bits per heavy atom. The van der Waals surface area contributed by atoms with Crippen molar-refractivity contribution >= 4 is 5.91 Å². The zero-order valence-corrected chi connectivity index (χ0v) is 10.9. The van der Waals surface area contributed by atoms with Gasteiger partial charge in [-0.2, -0.15) is 0 Å².